The third-order valence-electron chi connectivity index (χ3n) is 7.91. The van der Waals surface area contributed by atoms with Crippen LogP contribution in [0.3, 0.4) is 0 Å². The fourth-order valence-corrected chi connectivity index (χ4v) is 6.10. The molecule has 0 aliphatic heterocycles. The number of nitrogens with two attached hydrogens (primary N) is 1. The fourth-order valence-electron chi connectivity index (χ4n) is 6.10. The van der Waals surface area contributed by atoms with Gasteiger partial charge in [-0.15, -0.1) is 0 Å². The summed E-state index contributed by atoms with van der Waals surface area (Å²) in [7, 11) is 6.93. The topological polar surface area (TPSA) is 185 Å². The molecule has 0 aromatic heterocycles. The van der Waals surface area contributed by atoms with Crippen molar-refractivity contribution in [1.29, 1.82) is 0 Å². The zero-order valence-electron chi connectivity index (χ0n) is 22.0. The van der Waals surface area contributed by atoms with Gasteiger partial charge in [0.15, 0.2) is 0 Å². The van der Waals surface area contributed by atoms with E-state index in [0.717, 1.165) is 6.07 Å². The number of aromatic hydroxyl groups is 1. The number of allylic oxidation sites excluding steroid dienone is 1. The molecule has 0 spiro atoms. The number of halogens is 1. The molecule has 208 valence electrons. The molecule has 0 heterocycles. The van der Waals surface area contributed by atoms with Crippen molar-refractivity contribution in [3.8, 4) is 5.75 Å². The molecular formula is C26H32BFN4O7. The van der Waals surface area contributed by atoms with Gasteiger partial charge in [-0.2, -0.15) is 0 Å². The molecule has 0 bridgehead atoms. The second-order valence-electron chi connectivity index (χ2n) is 10.4. The molecule has 13 heteroatoms. The molecule has 39 heavy (non-hydrogen) atoms. The molecule has 0 unspecified atom stereocenters. The molecule has 0 radical (unpaired) electrons. The number of carbonyl (C=O) groups excluding carboxylic acids is 3. The summed E-state index contributed by atoms with van der Waals surface area (Å²) in [5.74, 6) is -6.23. The summed E-state index contributed by atoms with van der Waals surface area (Å²) in [6, 6.07) is -0.461. The number of carbonyl (C=O) groups is 3. The van der Waals surface area contributed by atoms with Gasteiger partial charge < -0.3 is 0 Å². The number of aliphatic hydroxyl groups excluding tert-OH is 2. The summed E-state index contributed by atoms with van der Waals surface area (Å²) >= 11 is 0. The second-order valence-corrected chi connectivity index (χ2v) is 10.4. The van der Waals surface area contributed by atoms with Crippen LogP contribution in [0.4, 0.5) is 9.18 Å². The molecule has 0 saturated heterocycles. The van der Waals surface area contributed by atoms with Gasteiger partial charge in [0.2, 0.25) is 0 Å². The average Bonchev–Trinajstić information content (AvgIpc) is 2.85. The predicted octanol–water partition coefficient (Wildman–Crippen LogP) is -0.0270. The van der Waals surface area contributed by atoms with Crippen LogP contribution in [-0.4, -0.2) is 88.3 Å². The predicted molar refractivity (Wildman–Crippen MR) is 141 cm³/mol. The van der Waals surface area contributed by atoms with Crippen LogP contribution < -0.4 is 16.4 Å². The van der Waals surface area contributed by atoms with Crippen LogP contribution in [0.5, 0.6) is 5.75 Å². The van der Waals surface area contributed by atoms with Crippen molar-refractivity contribution in [2.75, 3.05) is 20.6 Å². The molecule has 3 aliphatic carbocycles. The van der Waals surface area contributed by atoms with Crippen molar-refractivity contribution in [3.63, 3.8) is 0 Å². The van der Waals surface area contributed by atoms with Crippen molar-refractivity contribution in [2.45, 2.75) is 44.4 Å². The molecule has 3 aliphatic rings. The summed E-state index contributed by atoms with van der Waals surface area (Å²) in [4.78, 5) is 39.4. The second kappa shape index (κ2) is 10.1. The fraction of sp³-hybridized carbons (Fsp3) is 0.462. The van der Waals surface area contributed by atoms with Gasteiger partial charge in [-0.3, -0.25) is 0 Å². The first kappa shape index (κ1) is 28.3. The summed E-state index contributed by atoms with van der Waals surface area (Å²) < 4.78 is 15.3. The Hall–Kier alpha value is -3.71. The van der Waals surface area contributed by atoms with Crippen molar-refractivity contribution >= 4 is 30.7 Å². The van der Waals surface area contributed by atoms with Crippen molar-refractivity contribution in [3.05, 3.63) is 51.2 Å². The van der Waals surface area contributed by atoms with E-state index < -0.39 is 69.9 Å². The first-order valence-corrected chi connectivity index (χ1v) is 12.6. The van der Waals surface area contributed by atoms with Gasteiger partial charge in [0.1, 0.15) is 0 Å². The van der Waals surface area contributed by atoms with Crippen LogP contribution >= 0.6 is 0 Å². The molecule has 8 N–H and O–H groups in total. The Morgan fingerprint density at radius 1 is 1.26 bits per heavy atom. The van der Waals surface area contributed by atoms with Crippen LogP contribution in [0.2, 0.25) is 0 Å². The number of nitrogens with zero attached hydrogens (tertiary/aromatic N) is 1. The Labute approximate surface area is 225 Å². The minimum atomic E-state index is -2.34. The number of phenolic OH excluding ortho intramolecular Hbond substituents is 1. The van der Waals surface area contributed by atoms with Crippen molar-refractivity contribution in [2.24, 2.45) is 17.6 Å². The van der Waals surface area contributed by atoms with E-state index in [9.17, 15) is 34.8 Å². The first-order chi connectivity index (χ1) is 18.3. The Kier molecular flexibility index (Phi) is 7.34. The number of ketones is 1. The van der Waals surface area contributed by atoms with E-state index in [-0.39, 0.29) is 47.1 Å². The summed E-state index contributed by atoms with van der Waals surface area (Å²) in [5.41, 5.74) is 1.60. The molecular weight excluding hydrogens is 510 g/mol. The molecule has 3 amide bonds. The van der Waals surface area contributed by atoms with Crippen LogP contribution in [0.15, 0.2) is 28.7 Å². The van der Waals surface area contributed by atoms with Crippen molar-refractivity contribution < 1.29 is 39.2 Å². The van der Waals surface area contributed by atoms with E-state index in [2.05, 4.69) is 18.1 Å². The standard InChI is InChI=1S/C26H32BFN4O7/c1-4-5-30-25(38)31-9-11-8-14(28)12-6-10-7-13-18(32(2)3)21(35)17(24(29)37)22(27)26(13,39)23(36)15(10)20(34)16(12)19(11)33/h8,10,13,18,27,33,35-36,39H,4-7,9H2,1-3H3,(H2,29,37)(H2,30,31,38)/t10-,13-,18-,26+/m0/s1. The number of benzene rings is 1. The number of likely N-dealkylation sites (N-methyl/N-ethyl adjacent to an activating group) is 1. The Morgan fingerprint density at radius 3 is 2.51 bits per heavy atom. The van der Waals surface area contributed by atoms with Gasteiger partial charge in [0.05, 0.1) is 0 Å². The maximum atomic E-state index is 15.3. The number of primary amides is 1. The van der Waals surface area contributed by atoms with Gasteiger partial charge in [0, 0.05) is 6.54 Å². The average molecular weight is 542 g/mol. The molecule has 1 aromatic carbocycles. The molecule has 11 nitrogen and oxygen atoms in total. The van der Waals surface area contributed by atoms with Crippen LogP contribution in [-0.2, 0) is 17.8 Å². The van der Waals surface area contributed by atoms with E-state index in [0.29, 0.717) is 13.0 Å². The van der Waals surface area contributed by atoms with Gasteiger partial charge in [-0.1, -0.05) is 6.92 Å². The van der Waals surface area contributed by atoms with Gasteiger partial charge in [0.25, 0.3) is 0 Å². The van der Waals surface area contributed by atoms with Crippen LogP contribution in [0.1, 0.15) is 41.3 Å². The molecule has 4 rings (SSSR count). The number of phenols is 1. The van der Waals surface area contributed by atoms with E-state index in [1.807, 2.05) is 6.92 Å². The van der Waals surface area contributed by atoms with Gasteiger partial charge in [-0.25, -0.2) is 0 Å². The maximum absolute atomic E-state index is 15.3. The Balaban J connectivity index is 1.81. The van der Waals surface area contributed by atoms with Gasteiger partial charge in [-0.05, 0) is 6.42 Å². The van der Waals surface area contributed by atoms with E-state index >= 15 is 4.39 Å². The van der Waals surface area contributed by atoms with E-state index in [1.165, 1.54) is 0 Å². The number of hydrogen-bond acceptors (Lipinski definition) is 8. The number of hydrogen-bond donors (Lipinski definition) is 7. The molecule has 0 saturated carbocycles. The number of Topliss-reactive ketones (excluding diaryl/α,β-unsaturated/α-hetero) is 1. The number of nitrogens with one attached hydrogen (secondary N) is 2. The molecule has 0 fully saturated rings. The molecule has 4 atom stereocenters. The van der Waals surface area contributed by atoms with Crippen LogP contribution in [0, 0.1) is 17.7 Å². The van der Waals surface area contributed by atoms with Gasteiger partial charge >= 0.3 is 205 Å². The SMILES string of the molecule is B=C1C(C(N)=O)=C(O)[C@@H](N(C)C)[C@@H]2C[C@@H]3Cc4c(F)cc(CNC(=O)NCCC)c(O)c4C(=O)C3=C(O)[C@]12O. The number of urea groups is 1. The first-order valence-electron chi connectivity index (χ1n) is 12.6. The monoisotopic (exact) mass is 542 g/mol. The molecule has 1 aromatic rings. The third kappa shape index (κ3) is 4.29. The van der Waals surface area contributed by atoms with Crippen molar-refractivity contribution in [1.82, 2.24) is 15.5 Å². The number of amides is 3. The number of fused-ring (bicyclic) bond motifs is 3. The van der Waals surface area contributed by atoms with E-state index in [1.54, 1.807) is 19.0 Å². The number of aliphatic hydroxyl groups is 3. The van der Waals surface area contributed by atoms with E-state index in [4.69, 9.17) is 5.73 Å². The van der Waals surface area contributed by atoms with Crippen LogP contribution in [0.25, 0.3) is 0 Å². The zero-order chi connectivity index (χ0) is 29.0. The zero-order valence-corrected chi connectivity index (χ0v) is 22.0. The quantitative estimate of drug-likeness (QED) is 0.244. The number of rotatable bonds is 6. The summed E-state index contributed by atoms with van der Waals surface area (Å²) in [5, 5.41) is 50.2. The normalized spacial score (nSPS) is 26.2. The summed E-state index contributed by atoms with van der Waals surface area (Å²) in [6.45, 7) is 2.01. The minimum absolute atomic E-state index is 0.0140. The third-order valence-corrected chi connectivity index (χ3v) is 7.91. The Morgan fingerprint density at radius 2 is 1.92 bits per heavy atom. The Bertz CT molecular complexity index is 1360. The summed E-state index contributed by atoms with van der Waals surface area (Å²) in [6.07, 6.45) is 0.628.